The lowest BCUT2D eigenvalue weighted by Gasteiger charge is -2.05. The first-order valence-corrected chi connectivity index (χ1v) is 7.40. The van der Waals surface area contributed by atoms with Crippen LogP contribution in [0.5, 0.6) is 5.75 Å². The maximum Gasteiger partial charge on any atom is 0.152 e. The molecule has 5 nitrogen and oxygen atoms in total. The second-order valence-electron chi connectivity index (χ2n) is 5.46. The van der Waals surface area contributed by atoms with Gasteiger partial charge in [-0.3, -0.25) is 5.10 Å². The molecule has 0 fully saturated rings. The molecule has 23 heavy (non-hydrogen) atoms. The third kappa shape index (κ3) is 2.26. The summed E-state index contributed by atoms with van der Waals surface area (Å²) >= 11 is 0. The second-order valence-corrected chi connectivity index (χ2v) is 5.46. The fourth-order valence-electron chi connectivity index (χ4n) is 2.89. The van der Waals surface area contributed by atoms with Crippen LogP contribution < -0.4 is 10.5 Å². The van der Waals surface area contributed by atoms with Gasteiger partial charge in [-0.05, 0) is 23.8 Å². The molecule has 0 atom stereocenters. The summed E-state index contributed by atoms with van der Waals surface area (Å²) in [4.78, 5) is 4.43. The number of aromatic amines is 1. The Labute approximate surface area is 133 Å². The average Bonchev–Trinajstić information content (AvgIpc) is 3.00. The molecule has 0 saturated carbocycles. The number of nitrogens with zero attached hydrogens (tertiary/aromatic N) is 2. The lowest BCUT2D eigenvalue weighted by atomic mass is 10.0. The minimum atomic E-state index is 0.455. The maximum atomic E-state index is 6.06. The van der Waals surface area contributed by atoms with Crippen LogP contribution in [0.25, 0.3) is 21.8 Å². The van der Waals surface area contributed by atoms with Gasteiger partial charge in [0.05, 0.1) is 12.6 Å². The minimum Gasteiger partial charge on any atom is -0.497 e. The molecule has 5 heteroatoms. The molecule has 0 unspecified atom stereocenters. The van der Waals surface area contributed by atoms with E-state index < -0.39 is 0 Å². The van der Waals surface area contributed by atoms with Crippen molar-refractivity contribution in [3.05, 3.63) is 59.8 Å². The number of hydrogen-bond acceptors (Lipinski definition) is 4. The number of anilines is 1. The molecule has 0 aliphatic heterocycles. The number of nitrogen functional groups attached to an aromatic ring is 1. The largest absolute Gasteiger partial charge is 0.497 e. The molecule has 114 valence electrons. The molecule has 0 saturated heterocycles. The van der Waals surface area contributed by atoms with Crippen LogP contribution in [0, 0.1) is 0 Å². The summed E-state index contributed by atoms with van der Waals surface area (Å²) in [6.07, 6.45) is 0.744. The third-order valence-corrected chi connectivity index (χ3v) is 4.04. The van der Waals surface area contributed by atoms with Crippen molar-refractivity contribution < 1.29 is 4.74 Å². The van der Waals surface area contributed by atoms with E-state index in [1.807, 2.05) is 30.3 Å². The smallest absolute Gasteiger partial charge is 0.152 e. The average molecular weight is 304 g/mol. The van der Waals surface area contributed by atoms with Gasteiger partial charge in [-0.15, -0.1) is 0 Å². The van der Waals surface area contributed by atoms with Crippen molar-refractivity contribution in [2.75, 3.05) is 12.8 Å². The molecule has 0 bridgehead atoms. The van der Waals surface area contributed by atoms with Crippen molar-refractivity contribution in [3.63, 3.8) is 0 Å². The topological polar surface area (TPSA) is 76.8 Å². The zero-order chi connectivity index (χ0) is 15.8. The molecule has 2 aromatic carbocycles. The van der Waals surface area contributed by atoms with E-state index in [0.29, 0.717) is 5.82 Å². The summed E-state index contributed by atoms with van der Waals surface area (Å²) in [6, 6.07) is 16.0. The number of hydrogen-bond donors (Lipinski definition) is 2. The molecule has 0 spiro atoms. The number of benzene rings is 2. The Morgan fingerprint density at radius 2 is 1.87 bits per heavy atom. The molecular formula is C18H16N4O. The number of nitrogens with one attached hydrogen (secondary N) is 1. The van der Waals surface area contributed by atoms with E-state index in [2.05, 4.69) is 33.4 Å². The zero-order valence-electron chi connectivity index (χ0n) is 12.7. The predicted molar refractivity (Wildman–Crippen MR) is 91.6 cm³/mol. The van der Waals surface area contributed by atoms with Crippen LogP contribution in [0.3, 0.4) is 0 Å². The molecular weight excluding hydrogens is 288 g/mol. The number of rotatable bonds is 3. The Bertz CT molecular complexity index is 989. The van der Waals surface area contributed by atoms with E-state index in [1.54, 1.807) is 7.11 Å². The van der Waals surface area contributed by atoms with E-state index in [0.717, 1.165) is 39.7 Å². The summed E-state index contributed by atoms with van der Waals surface area (Å²) in [5.74, 6) is 1.30. The summed E-state index contributed by atoms with van der Waals surface area (Å²) < 4.78 is 5.20. The quantitative estimate of drug-likeness (QED) is 0.609. The lowest BCUT2D eigenvalue weighted by molar-refractivity contribution is 0.414. The molecule has 4 aromatic rings. The van der Waals surface area contributed by atoms with Crippen LogP contribution in [-0.2, 0) is 6.42 Å². The van der Waals surface area contributed by atoms with Gasteiger partial charge in [0, 0.05) is 22.9 Å². The van der Waals surface area contributed by atoms with Crippen LogP contribution in [0.1, 0.15) is 11.3 Å². The van der Waals surface area contributed by atoms with Gasteiger partial charge in [0.25, 0.3) is 0 Å². The number of nitrogens with two attached hydrogens (primary N) is 1. The van der Waals surface area contributed by atoms with E-state index >= 15 is 0 Å². The van der Waals surface area contributed by atoms with Gasteiger partial charge in [-0.1, -0.05) is 30.3 Å². The first kappa shape index (κ1) is 13.6. The number of fused-ring (bicyclic) bond motifs is 3. The highest BCUT2D eigenvalue weighted by Gasteiger charge is 2.14. The number of methoxy groups -OCH3 is 1. The fourth-order valence-corrected chi connectivity index (χ4v) is 2.89. The molecule has 0 aliphatic rings. The molecule has 4 rings (SSSR count). The number of pyridine rings is 1. The Morgan fingerprint density at radius 3 is 2.65 bits per heavy atom. The fraction of sp³-hybridized carbons (Fsp3) is 0.111. The minimum absolute atomic E-state index is 0.455. The number of aromatic nitrogens is 3. The Hall–Kier alpha value is -3.08. The highest BCUT2D eigenvalue weighted by Crippen LogP contribution is 2.30. The van der Waals surface area contributed by atoms with E-state index in [4.69, 9.17) is 10.5 Å². The molecule has 0 radical (unpaired) electrons. The van der Waals surface area contributed by atoms with Crippen molar-refractivity contribution in [2.24, 2.45) is 0 Å². The van der Waals surface area contributed by atoms with Gasteiger partial charge in [0.15, 0.2) is 5.82 Å². The standard InChI is InChI=1S/C18H16N4O/c1-23-12-8-6-11(7-9-12)10-15-16-13-4-2-3-5-14(13)20-18(19)17(16)22-21-15/h2-9H,10H2,1H3,(H2,19,20)(H,21,22). The molecule has 3 N–H and O–H groups in total. The van der Waals surface area contributed by atoms with E-state index in [1.165, 1.54) is 5.56 Å². The van der Waals surface area contributed by atoms with Crippen LogP contribution in [-0.4, -0.2) is 22.3 Å². The Kier molecular flexibility index (Phi) is 3.12. The molecule has 0 amide bonds. The first-order valence-electron chi connectivity index (χ1n) is 7.40. The molecule has 2 aromatic heterocycles. The third-order valence-electron chi connectivity index (χ3n) is 4.04. The number of para-hydroxylation sites is 1. The first-order chi connectivity index (χ1) is 11.3. The summed E-state index contributed by atoms with van der Waals surface area (Å²) in [6.45, 7) is 0. The van der Waals surface area contributed by atoms with Crippen LogP contribution in [0.4, 0.5) is 5.82 Å². The van der Waals surface area contributed by atoms with Crippen LogP contribution >= 0.6 is 0 Å². The number of ether oxygens (including phenoxy) is 1. The van der Waals surface area contributed by atoms with Gasteiger partial charge in [-0.25, -0.2) is 4.98 Å². The van der Waals surface area contributed by atoms with Gasteiger partial charge >= 0.3 is 0 Å². The highest BCUT2D eigenvalue weighted by molar-refractivity contribution is 6.09. The summed E-state index contributed by atoms with van der Waals surface area (Å²) in [5, 5.41) is 9.59. The zero-order valence-corrected chi connectivity index (χ0v) is 12.7. The van der Waals surface area contributed by atoms with Crippen LogP contribution in [0.2, 0.25) is 0 Å². The monoisotopic (exact) mass is 304 g/mol. The van der Waals surface area contributed by atoms with E-state index in [-0.39, 0.29) is 0 Å². The maximum absolute atomic E-state index is 6.06. The number of H-pyrrole nitrogens is 1. The van der Waals surface area contributed by atoms with Crippen molar-refractivity contribution in [1.29, 1.82) is 0 Å². The van der Waals surface area contributed by atoms with Crippen molar-refractivity contribution in [3.8, 4) is 5.75 Å². The molecule has 0 aliphatic carbocycles. The lowest BCUT2D eigenvalue weighted by Crippen LogP contribution is -1.94. The Balaban J connectivity index is 1.86. The van der Waals surface area contributed by atoms with Crippen molar-refractivity contribution >= 4 is 27.6 Å². The van der Waals surface area contributed by atoms with Gasteiger partial charge in [0.1, 0.15) is 11.3 Å². The van der Waals surface area contributed by atoms with Crippen molar-refractivity contribution in [1.82, 2.24) is 15.2 Å². The van der Waals surface area contributed by atoms with Gasteiger partial charge in [-0.2, -0.15) is 5.10 Å². The SMILES string of the molecule is COc1ccc(Cc2[nH]nc3c(N)nc4ccccc4c23)cc1. The molecule has 2 heterocycles. The van der Waals surface area contributed by atoms with Gasteiger partial charge in [0.2, 0.25) is 0 Å². The summed E-state index contributed by atoms with van der Waals surface area (Å²) in [5.41, 5.74) is 9.88. The van der Waals surface area contributed by atoms with Gasteiger partial charge < -0.3 is 10.5 Å². The predicted octanol–water partition coefficient (Wildman–Crippen LogP) is 3.29. The second kappa shape index (κ2) is 5.28. The summed E-state index contributed by atoms with van der Waals surface area (Å²) in [7, 11) is 1.67. The van der Waals surface area contributed by atoms with Crippen molar-refractivity contribution in [2.45, 2.75) is 6.42 Å². The van der Waals surface area contributed by atoms with Crippen LogP contribution in [0.15, 0.2) is 48.5 Å². The normalized spacial score (nSPS) is 11.2. The van der Waals surface area contributed by atoms with E-state index in [9.17, 15) is 0 Å². The Morgan fingerprint density at radius 1 is 1.09 bits per heavy atom. The highest BCUT2D eigenvalue weighted by atomic mass is 16.5.